The van der Waals surface area contributed by atoms with Gasteiger partial charge >= 0.3 is 5.97 Å². The predicted octanol–water partition coefficient (Wildman–Crippen LogP) is 5.56. The molecule has 1 saturated heterocycles. The van der Waals surface area contributed by atoms with Gasteiger partial charge in [0.2, 0.25) is 0 Å². The number of carbonyl (C=O) groups is 3. The molecule has 31 heavy (non-hydrogen) atoms. The minimum Gasteiger partial charge on any atom is -0.489 e. The van der Waals surface area contributed by atoms with E-state index in [1.807, 2.05) is 0 Å². The zero-order valence-corrected chi connectivity index (χ0v) is 19.1. The van der Waals surface area contributed by atoms with Crippen molar-refractivity contribution in [2.75, 3.05) is 6.54 Å². The number of hydrogen-bond acceptors (Lipinski definition) is 6. The number of nitrogens with zero attached hydrogens (tertiary/aromatic N) is 1. The second kappa shape index (κ2) is 10.2. The van der Waals surface area contributed by atoms with Gasteiger partial charge < -0.3 is 9.47 Å². The first kappa shape index (κ1) is 23.2. The highest BCUT2D eigenvalue weighted by atomic mass is 35.5. The van der Waals surface area contributed by atoms with Crippen LogP contribution in [0.3, 0.4) is 0 Å². The summed E-state index contributed by atoms with van der Waals surface area (Å²) in [5.74, 6) is -0.593. The zero-order chi connectivity index (χ0) is 22.5. The number of rotatable bonds is 7. The molecule has 2 aromatic rings. The first-order chi connectivity index (χ1) is 14.7. The molecule has 0 aliphatic carbocycles. The molecule has 0 atom stereocenters. The van der Waals surface area contributed by atoms with Crippen molar-refractivity contribution in [3.05, 3.63) is 68.5 Å². The molecule has 0 aromatic heterocycles. The first-order valence-corrected chi connectivity index (χ1v) is 10.9. The third-order valence-corrected chi connectivity index (χ3v) is 5.59. The van der Waals surface area contributed by atoms with Crippen LogP contribution < -0.4 is 4.74 Å². The highest BCUT2D eigenvalue weighted by Crippen LogP contribution is 2.32. The Kier molecular flexibility index (Phi) is 7.64. The molecule has 0 radical (unpaired) electrons. The van der Waals surface area contributed by atoms with Crippen molar-refractivity contribution < 1.29 is 23.9 Å². The van der Waals surface area contributed by atoms with Crippen LogP contribution in [0.2, 0.25) is 10.0 Å². The maximum Gasteiger partial charge on any atom is 0.326 e. The van der Waals surface area contributed by atoms with Gasteiger partial charge in [0.1, 0.15) is 18.9 Å². The van der Waals surface area contributed by atoms with Crippen molar-refractivity contribution in [2.24, 2.45) is 0 Å². The fraction of sp³-hybridized carbons (Fsp3) is 0.227. The molecule has 6 nitrogen and oxygen atoms in total. The van der Waals surface area contributed by atoms with Crippen molar-refractivity contribution in [3.63, 3.8) is 0 Å². The smallest absolute Gasteiger partial charge is 0.326 e. The van der Waals surface area contributed by atoms with Gasteiger partial charge in [-0.1, -0.05) is 41.4 Å². The minimum atomic E-state index is -0.630. The van der Waals surface area contributed by atoms with Crippen LogP contribution in [0.15, 0.2) is 47.4 Å². The Bertz CT molecular complexity index is 1050. The number of hydrogen-bond donors (Lipinski definition) is 0. The average Bonchev–Trinajstić information content (AvgIpc) is 2.94. The first-order valence-electron chi connectivity index (χ1n) is 9.34. The lowest BCUT2D eigenvalue weighted by Crippen LogP contribution is -2.35. The molecule has 0 saturated carbocycles. The minimum absolute atomic E-state index is 0.222. The zero-order valence-electron chi connectivity index (χ0n) is 16.8. The molecular formula is C22H19Cl2NO5S. The molecule has 2 amide bonds. The number of thioether (sulfide) groups is 1. The molecule has 1 heterocycles. The number of esters is 1. The molecule has 1 aliphatic rings. The van der Waals surface area contributed by atoms with E-state index in [4.69, 9.17) is 32.7 Å². The molecule has 1 fully saturated rings. The summed E-state index contributed by atoms with van der Waals surface area (Å²) in [6.45, 7) is 3.22. The summed E-state index contributed by atoms with van der Waals surface area (Å²) in [6.07, 6.45) is 1.26. The standard InChI is InChI=1S/C22H19Cl2NO5S/c1-13(2)30-20(26)11-25-21(27)19(31-22(25)28)9-14-4-3-5-17(8-14)29-12-15-6-7-16(23)10-18(15)24/h3-10,13H,11-12H2,1-2H3/b19-9+. The Hall–Kier alpha value is -2.48. The number of amides is 2. The molecule has 162 valence electrons. The van der Waals surface area contributed by atoms with E-state index >= 15 is 0 Å². The molecule has 2 aromatic carbocycles. The third-order valence-electron chi connectivity index (χ3n) is 4.09. The Morgan fingerprint density at radius 1 is 1.16 bits per heavy atom. The van der Waals surface area contributed by atoms with Crippen LogP contribution in [0.5, 0.6) is 5.75 Å². The lowest BCUT2D eigenvalue weighted by atomic mass is 10.2. The van der Waals surface area contributed by atoms with Crippen molar-refractivity contribution in [2.45, 2.75) is 26.6 Å². The number of halogens is 2. The van der Waals surface area contributed by atoms with Gasteiger partial charge in [0.15, 0.2) is 0 Å². The van der Waals surface area contributed by atoms with Crippen LogP contribution in [0.1, 0.15) is 25.0 Å². The molecule has 1 aliphatic heterocycles. The second-order valence-corrected chi connectivity index (χ2v) is 8.74. The summed E-state index contributed by atoms with van der Waals surface area (Å²) >= 11 is 12.8. The van der Waals surface area contributed by atoms with Gasteiger partial charge in [-0.2, -0.15) is 0 Å². The van der Waals surface area contributed by atoms with Gasteiger partial charge in [0.25, 0.3) is 11.1 Å². The second-order valence-electron chi connectivity index (χ2n) is 6.90. The monoisotopic (exact) mass is 479 g/mol. The number of ether oxygens (including phenoxy) is 2. The number of imide groups is 1. The van der Waals surface area contributed by atoms with Gasteiger partial charge in [0, 0.05) is 15.6 Å². The number of carbonyl (C=O) groups excluding carboxylic acids is 3. The van der Waals surface area contributed by atoms with E-state index in [1.165, 1.54) is 0 Å². The van der Waals surface area contributed by atoms with E-state index in [9.17, 15) is 14.4 Å². The van der Waals surface area contributed by atoms with Gasteiger partial charge in [0.05, 0.1) is 11.0 Å². The molecule has 0 bridgehead atoms. The maximum absolute atomic E-state index is 12.6. The van der Waals surface area contributed by atoms with E-state index in [0.717, 1.165) is 22.2 Å². The average molecular weight is 480 g/mol. The Balaban J connectivity index is 1.68. The maximum atomic E-state index is 12.6. The van der Waals surface area contributed by atoms with Crippen molar-refractivity contribution >= 4 is 58.2 Å². The molecular weight excluding hydrogens is 461 g/mol. The fourth-order valence-electron chi connectivity index (χ4n) is 2.71. The topological polar surface area (TPSA) is 72.9 Å². The number of benzene rings is 2. The lowest BCUT2D eigenvalue weighted by molar-refractivity contribution is -0.149. The van der Waals surface area contributed by atoms with Crippen molar-refractivity contribution in [1.82, 2.24) is 4.90 Å². The Morgan fingerprint density at radius 2 is 1.94 bits per heavy atom. The van der Waals surface area contributed by atoms with Crippen LogP contribution in [0.25, 0.3) is 6.08 Å². The molecule has 9 heteroatoms. The van der Waals surface area contributed by atoms with Crippen LogP contribution in [-0.4, -0.2) is 34.7 Å². The van der Waals surface area contributed by atoms with Gasteiger partial charge in [-0.15, -0.1) is 0 Å². The summed E-state index contributed by atoms with van der Waals surface area (Å²) in [6, 6.07) is 12.2. The predicted molar refractivity (Wildman–Crippen MR) is 121 cm³/mol. The van der Waals surface area contributed by atoms with E-state index in [1.54, 1.807) is 62.4 Å². The van der Waals surface area contributed by atoms with Crippen molar-refractivity contribution in [3.8, 4) is 5.75 Å². The highest BCUT2D eigenvalue weighted by Gasteiger charge is 2.36. The van der Waals surface area contributed by atoms with E-state index in [2.05, 4.69) is 0 Å². The lowest BCUT2D eigenvalue weighted by Gasteiger charge is -2.13. The summed E-state index contributed by atoms with van der Waals surface area (Å²) in [4.78, 5) is 37.6. The normalized spacial score (nSPS) is 15.1. The van der Waals surface area contributed by atoms with E-state index in [-0.39, 0.29) is 17.6 Å². The largest absolute Gasteiger partial charge is 0.489 e. The summed E-state index contributed by atoms with van der Waals surface area (Å²) in [7, 11) is 0. The van der Waals surface area contributed by atoms with Crippen LogP contribution in [-0.2, 0) is 20.9 Å². The summed E-state index contributed by atoms with van der Waals surface area (Å²) in [5.41, 5.74) is 1.46. The molecule has 0 N–H and O–H groups in total. The molecule has 0 spiro atoms. The summed E-state index contributed by atoms with van der Waals surface area (Å²) in [5, 5.41) is 0.539. The fourth-order valence-corrected chi connectivity index (χ4v) is 4.01. The van der Waals surface area contributed by atoms with Gasteiger partial charge in [-0.3, -0.25) is 19.3 Å². The Labute approximate surface area is 194 Å². The van der Waals surface area contributed by atoms with E-state index < -0.39 is 23.7 Å². The SMILES string of the molecule is CC(C)OC(=O)CN1C(=O)S/C(=C/c2cccc(OCc3ccc(Cl)cc3Cl)c2)C1=O. The van der Waals surface area contributed by atoms with E-state index in [0.29, 0.717) is 21.4 Å². The van der Waals surface area contributed by atoms with Gasteiger partial charge in [-0.25, -0.2) is 0 Å². The quantitative estimate of drug-likeness (QED) is 0.382. The Morgan fingerprint density at radius 3 is 2.65 bits per heavy atom. The van der Waals surface area contributed by atoms with Crippen LogP contribution in [0, 0.1) is 0 Å². The third kappa shape index (κ3) is 6.26. The van der Waals surface area contributed by atoms with Crippen LogP contribution >= 0.6 is 35.0 Å². The molecule has 0 unspecified atom stereocenters. The van der Waals surface area contributed by atoms with Crippen molar-refractivity contribution in [1.29, 1.82) is 0 Å². The summed E-state index contributed by atoms with van der Waals surface area (Å²) < 4.78 is 10.8. The van der Waals surface area contributed by atoms with Crippen LogP contribution in [0.4, 0.5) is 4.79 Å². The van der Waals surface area contributed by atoms with Gasteiger partial charge in [-0.05, 0) is 61.5 Å². The molecule has 3 rings (SSSR count). The highest BCUT2D eigenvalue weighted by molar-refractivity contribution is 8.18.